The molecule has 0 atom stereocenters. The lowest BCUT2D eigenvalue weighted by atomic mass is 10.1. The van der Waals surface area contributed by atoms with E-state index < -0.39 is 0 Å². The molecule has 18 heavy (non-hydrogen) atoms. The molecule has 1 nitrogen and oxygen atoms in total. The average molecular weight is 240 g/mol. The number of ether oxygens (including phenoxy) is 1. The fourth-order valence-corrected chi connectivity index (χ4v) is 1.92. The molecule has 0 heterocycles. The molecule has 2 aromatic rings. The van der Waals surface area contributed by atoms with Crippen molar-refractivity contribution in [3.8, 4) is 5.75 Å². The Hall–Kier alpha value is -1.76. The predicted molar refractivity (Wildman–Crippen MR) is 76.1 cm³/mol. The summed E-state index contributed by atoms with van der Waals surface area (Å²) in [7, 11) is 0. The molecule has 0 radical (unpaired) electrons. The Morgan fingerprint density at radius 3 is 2.44 bits per heavy atom. The Morgan fingerprint density at radius 1 is 0.889 bits per heavy atom. The molecule has 2 aromatic carbocycles. The standard InChI is InChI=1S/C17H20O/c1-4-15-6-5-7-17(11-15)18-12-16-9-8-13(2)14(3)10-16/h5-11H,4,12H2,1-3H3. The van der Waals surface area contributed by atoms with Crippen LogP contribution in [0.15, 0.2) is 42.5 Å². The van der Waals surface area contributed by atoms with Crippen LogP contribution in [0.3, 0.4) is 0 Å². The Bertz CT molecular complexity index is 529. The molecular weight excluding hydrogens is 220 g/mol. The Labute approximate surface area is 109 Å². The monoisotopic (exact) mass is 240 g/mol. The molecule has 0 fully saturated rings. The molecule has 0 saturated carbocycles. The summed E-state index contributed by atoms with van der Waals surface area (Å²) >= 11 is 0. The van der Waals surface area contributed by atoms with Gasteiger partial charge in [0.15, 0.2) is 0 Å². The summed E-state index contributed by atoms with van der Waals surface area (Å²) in [5, 5.41) is 0. The van der Waals surface area contributed by atoms with Crippen LogP contribution in [0.5, 0.6) is 5.75 Å². The van der Waals surface area contributed by atoms with E-state index in [4.69, 9.17) is 4.74 Å². The molecule has 0 aliphatic heterocycles. The average Bonchev–Trinajstić information content (AvgIpc) is 2.40. The highest BCUT2D eigenvalue weighted by molar-refractivity contribution is 5.31. The van der Waals surface area contributed by atoms with Crippen LogP contribution >= 0.6 is 0 Å². The molecule has 0 N–H and O–H groups in total. The van der Waals surface area contributed by atoms with E-state index in [0.717, 1.165) is 12.2 Å². The molecule has 94 valence electrons. The van der Waals surface area contributed by atoms with Gasteiger partial charge in [0.2, 0.25) is 0 Å². The normalized spacial score (nSPS) is 10.4. The SMILES string of the molecule is CCc1cccc(OCc2ccc(C)c(C)c2)c1. The lowest BCUT2D eigenvalue weighted by molar-refractivity contribution is 0.306. The number of benzene rings is 2. The Kier molecular flexibility index (Phi) is 4.03. The van der Waals surface area contributed by atoms with Crippen molar-refractivity contribution in [2.24, 2.45) is 0 Å². The van der Waals surface area contributed by atoms with Crippen LogP contribution in [-0.4, -0.2) is 0 Å². The van der Waals surface area contributed by atoms with Crippen LogP contribution in [-0.2, 0) is 13.0 Å². The van der Waals surface area contributed by atoms with Gasteiger partial charge in [0.1, 0.15) is 12.4 Å². The first-order chi connectivity index (χ1) is 8.69. The van der Waals surface area contributed by atoms with E-state index in [0.29, 0.717) is 6.61 Å². The molecule has 0 aliphatic carbocycles. The van der Waals surface area contributed by atoms with Gasteiger partial charge in [0.25, 0.3) is 0 Å². The summed E-state index contributed by atoms with van der Waals surface area (Å²) in [6.07, 6.45) is 1.04. The summed E-state index contributed by atoms with van der Waals surface area (Å²) in [6.45, 7) is 7.05. The van der Waals surface area contributed by atoms with Crippen LogP contribution in [0.2, 0.25) is 0 Å². The molecule has 0 aromatic heterocycles. The minimum atomic E-state index is 0.633. The highest BCUT2D eigenvalue weighted by Gasteiger charge is 1.99. The second kappa shape index (κ2) is 5.72. The van der Waals surface area contributed by atoms with Crippen LogP contribution in [0.4, 0.5) is 0 Å². The maximum absolute atomic E-state index is 5.83. The summed E-state index contributed by atoms with van der Waals surface area (Å²) in [5.41, 5.74) is 5.18. The van der Waals surface area contributed by atoms with Crippen molar-refractivity contribution in [1.82, 2.24) is 0 Å². The van der Waals surface area contributed by atoms with Gasteiger partial charge in [-0.25, -0.2) is 0 Å². The van der Waals surface area contributed by atoms with Crippen LogP contribution in [0.1, 0.15) is 29.2 Å². The van der Waals surface area contributed by atoms with Gasteiger partial charge in [-0.15, -0.1) is 0 Å². The van der Waals surface area contributed by atoms with Crippen molar-refractivity contribution in [3.63, 3.8) is 0 Å². The maximum atomic E-state index is 5.83. The molecule has 0 saturated heterocycles. The molecule has 2 rings (SSSR count). The smallest absolute Gasteiger partial charge is 0.120 e. The predicted octanol–water partition coefficient (Wildman–Crippen LogP) is 4.44. The largest absolute Gasteiger partial charge is 0.489 e. The number of hydrogen-bond donors (Lipinski definition) is 0. The number of rotatable bonds is 4. The van der Waals surface area contributed by atoms with Crippen LogP contribution in [0.25, 0.3) is 0 Å². The lowest BCUT2D eigenvalue weighted by Gasteiger charge is -2.09. The second-order valence-corrected chi connectivity index (χ2v) is 4.71. The van der Waals surface area contributed by atoms with Crippen molar-refractivity contribution in [3.05, 3.63) is 64.7 Å². The van der Waals surface area contributed by atoms with E-state index >= 15 is 0 Å². The first kappa shape index (κ1) is 12.7. The van der Waals surface area contributed by atoms with Gasteiger partial charge >= 0.3 is 0 Å². The molecule has 0 bridgehead atoms. The van der Waals surface area contributed by atoms with Gasteiger partial charge < -0.3 is 4.74 Å². The van der Waals surface area contributed by atoms with Crippen molar-refractivity contribution < 1.29 is 4.74 Å². The summed E-state index contributed by atoms with van der Waals surface area (Å²) in [4.78, 5) is 0. The van der Waals surface area contributed by atoms with Gasteiger partial charge in [-0.1, -0.05) is 37.3 Å². The van der Waals surface area contributed by atoms with Gasteiger partial charge in [-0.2, -0.15) is 0 Å². The fraction of sp³-hybridized carbons (Fsp3) is 0.294. The zero-order chi connectivity index (χ0) is 13.0. The highest BCUT2D eigenvalue weighted by Crippen LogP contribution is 2.16. The maximum Gasteiger partial charge on any atom is 0.120 e. The number of hydrogen-bond acceptors (Lipinski definition) is 1. The first-order valence-electron chi connectivity index (χ1n) is 6.47. The Morgan fingerprint density at radius 2 is 1.72 bits per heavy atom. The van der Waals surface area contributed by atoms with Crippen molar-refractivity contribution in [2.75, 3.05) is 0 Å². The van der Waals surface area contributed by atoms with Gasteiger partial charge in [0, 0.05) is 0 Å². The van der Waals surface area contributed by atoms with E-state index in [1.807, 2.05) is 6.07 Å². The van der Waals surface area contributed by atoms with E-state index in [1.54, 1.807) is 0 Å². The third kappa shape index (κ3) is 3.13. The third-order valence-electron chi connectivity index (χ3n) is 3.28. The molecule has 0 unspecified atom stereocenters. The minimum Gasteiger partial charge on any atom is -0.489 e. The van der Waals surface area contributed by atoms with Crippen LogP contribution < -0.4 is 4.74 Å². The Balaban J connectivity index is 2.04. The molecule has 1 heteroatoms. The van der Waals surface area contributed by atoms with E-state index in [1.165, 1.54) is 22.3 Å². The second-order valence-electron chi connectivity index (χ2n) is 4.71. The molecule has 0 spiro atoms. The molecule has 0 aliphatic rings. The zero-order valence-corrected chi connectivity index (χ0v) is 11.4. The first-order valence-corrected chi connectivity index (χ1v) is 6.47. The fourth-order valence-electron chi connectivity index (χ4n) is 1.92. The molecule has 0 amide bonds. The lowest BCUT2D eigenvalue weighted by Crippen LogP contribution is -1.97. The summed E-state index contributed by atoms with van der Waals surface area (Å²) in [5.74, 6) is 0.951. The van der Waals surface area contributed by atoms with Crippen molar-refractivity contribution >= 4 is 0 Å². The summed E-state index contributed by atoms with van der Waals surface area (Å²) in [6, 6.07) is 14.8. The zero-order valence-electron chi connectivity index (χ0n) is 11.4. The summed E-state index contributed by atoms with van der Waals surface area (Å²) < 4.78 is 5.83. The van der Waals surface area contributed by atoms with Gasteiger partial charge in [-0.05, 0) is 54.7 Å². The topological polar surface area (TPSA) is 9.23 Å². The van der Waals surface area contributed by atoms with Crippen molar-refractivity contribution in [1.29, 1.82) is 0 Å². The minimum absolute atomic E-state index is 0.633. The highest BCUT2D eigenvalue weighted by atomic mass is 16.5. The van der Waals surface area contributed by atoms with Crippen molar-refractivity contribution in [2.45, 2.75) is 33.8 Å². The molecular formula is C17H20O. The third-order valence-corrected chi connectivity index (χ3v) is 3.28. The van der Waals surface area contributed by atoms with Crippen LogP contribution in [0, 0.1) is 13.8 Å². The van der Waals surface area contributed by atoms with Gasteiger partial charge in [-0.3, -0.25) is 0 Å². The van der Waals surface area contributed by atoms with E-state index in [9.17, 15) is 0 Å². The van der Waals surface area contributed by atoms with E-state index in [2.05, 4.69) is 57.2 Å². The quantitative estimate of drug-likeness (QED) is 0.767. The number of aryl methyl sites for hydroxylation is 3. The van der Waals surface area contributed by atoms with Gasteiger partial charge in [0.05, 0.1) is 0 Å². The van der Waals surface area contributed by atoms with E-state index in [-0.39, 0.29) is 0 Å².